The van der Waals surface area contributed by atoms with Crippen molar-refractivity contribution in [1.82, 2.24) is 0 Å². The van der Waals surface area contributed by atoms with Gasteiger partial charge >= 0.3 is 0 Å². The summed E-state index contributed by atoms with van der Waals surface area (Å²) in [6, 6.07) is 0. The lowest BCUT2D eigenvalue weighted by Crippen LogP contribution is -2.24. The summed E-state index contributed by atoms with van der Waals surface area (Å²) < 4.78 is 0. The minimum atomic E-state index is -0.671. The topological polar surface area (TPSA) is 40.5 Å². The molecule has 124 valence electrons. The van der Waals surface area contributed by atoms with Gasteiger partial charge in [0.05, 0.1) is 0 Å². The van der Waals surface area contributed by atoms with Crippen LogP contribution in [0, 0.1) is 17.3 Å². The molecule has 0 saturated carbocycles. The van der Waals surface area contributed by atoms with E-state index in [1.807, 2.05) is 20.8 Å². The van der Waals surface area contributed by atoms with Crippen molar-refractivity contribution < 1.29 is 10.2 Å². The molecule has 0 spiro atoms. The molecule has 0 rings (SSSR count). The van der Waals surface area contributed by atoms with Crippen molar-refractivity contribution in [2.75, 3.05) is 0 Å². The Kier molecular flexibility index (Phi) is 11.8. The quantitative estimate of drug-likeness (QED) is 0.454. The molecule has 0 heterocycles. The fraction of sp³-hybridized carbons (Fsp3) is 0.895. The van der Waals surface area contributed by atoms with Crippen molar-refractivity contribution >= 4 is 0 Å². The van der Waals surface area contributed by atoms with Crippen LogP contribution in [0.4, 0.5) is 0 Å². The van der Waals surface area contributed by atoms with E-state index >= 15 is 0 Å². The first-order valence-electron chi connectivity index (χ1n) is 8.75. The van der Waals surface area contributed by atoms with Crippen molar-refractivity contribution in [1.29, 1.82) is 0 Å². The Morgan fingerprint density at radius 1 is 0.762 bits per heavy atom. The molecule has 0 aliphatic heterocycles. The average molecular weight is 296 g/mol. The van der Waals surface area contributed by atoms with Gasteiger partial charge in [-0.15, -0.1) is 0 Å². The monoisotopic (exact) mass is 296 g/mol. The molecular formula is C19H36O2. The molecule has 0 aromatic heterocycles. The van der Waals surface area contributed by atoms with Crippen LogP contribution in [-0.2, 0) is 0 Å². The Hall–Kier alpha value is -0.520. The smallest absolute Gasteiger partial charge is 0.119 e. The minimum Gasteiger partial charge on any atom is -0.380 e. The van der Waals surface area contributed by atoms with Crippen LogP contribution in [0.5, 0.6) is 0 Å². The molecule has 2 heteroatoms. The molecule has 2 N–H and O–H groups in total. The molecule has 0 saturated heterocycles. The second kappa shape index (κ2) is 12.1. The summed E-state index contributed by atoms with van der Waals surface area (Å²) in [5.74, 6) is 5.53. The normalized spacial score (nSPS) is 14.4. The fourth-order valence-electron chi connectivity index (χ4n) is 2.11. The van der Waals surface area contributed by atoms with Gasteiger partial charge < -0.3 is 10.2 Å². The van der Waals surface area contributed by atoms with E-state index in [0.717, 1.165) is 12.8 Å². The van der Waals surface area contributed by atoms with Gasteiger partial charge in [-0.3, -0.25) is 0 Å². The predicted octanol–water partition coefficient (Wildman–Crippen LogP) is 4.68. The standard InChI is InChI=1S/C19H36O2/c1-5-6-7-8-9-10-11-12-13-14-17(20)15-16-18(21)19(2,3)4/h17-18,20-21H,5-14H2,1-4H3. The van der Waals surface area contributed by atoms with E-state index in [1.54, 1.807) is 0 Å². The first-order chi connectivity index (χ1) is 9.88. The van der Waals surface area contributed by atoms with Crippen molar-refractivity contribution in [3.8, 4) is 11.8 Å². The number of hydrogen-bond acceptors (Lipinski definition) is 2. The van der Waals surface area contributed by atoms with Crippen LogP contribution in [0.1, 0.15) is 91.9 Å². The molecule has 0 fully saturated rings. The Labute approximate surface area is 132 Å². The summed E-state index contributed by atoms with van der Waals surface area (Å²) in [6.45, 7) is 8.08. The molecule has 0 aliphatic carbocycles. The van der Waals surface area contributed by atoms with Gasteiger partial charge in [-0.2, -0.15) is 0 Å². The molecule has 0 amide bonds. The van der Waals surface area contributed by atoms with Gasteiger partial charge in [0, 0.05) is 0 Å². The van der Waals surface area contributed by atoms with E-state index in [1.165, 1.54) is 51.4 Å². The third-order valence-electron chi connectivity index (χ3n) is 3.79. The first kappa shape index (κ1) is 20.5. The van der Waals surface area contributed by atoms with Gasteiger partial charge in [0.15, 0.2) is 0 Å². The van der Waals surface area contributed by atoms with Crippen LogP contribution in [0.2, 0.25) is 0 Å². The van der Waals surface area contributed by atoms with Crippen molar-refractivity contribution in [3.63, 3.8) is 0 Å². The lowest BCUT2D eigenvalue weighted by atomic mass is 9.89. The molecule has 21 heavy (non-hydrogen) atoms. The van der Waals surface area contributed by atoms with Crippen LogP contribution in [0.3, 0.4) is 0 Å². The van der Waals surface area contributed by atoms with Gasteiger partial charge in [-0.05, 0) is 18.3 Å². The summed E-state index contributed by atoms with van der Waals surface area (Å²) in [4.78, 5) is 0. The molecule has 0 radical (unpaired) electrons. The summed E-state index contributed by atoms with van der Waals surface area (Å²) in [5.41, 5.74) is -0.246. The lowest BCUT2D eigenvalue weighted by molar-refractivity contribution is 0.113. The van der Waals surface area contributed by atoms with E-state index in [0.29, 0.717) is 0 Å². The predicted molar refractivity (Wildman–Crippen MR) is 91.1 cm³/mol. The minimum absolute atomic E-state index is 0.246. The van der Waals surface area contributed by atoms with E-state index < -0.39 is 12.2 Å². The summed E-state index contributed by atoms with van der Waals surface area (Å²) in [6.07, 6.45) is 11.0. The van der Waals surface area contributed by atoms with E-state index in [2.05, 4.69) is 18.8 Å². The Balaban J connectivity index is 3.54. The number of aliphatic hydroxyl groups is 2. The Morgan fingerprint density at radius 2 is 1.24 bits per heavy atom. The van der Waals surface area contributed by atoms with Crippen molar-refractivity contribution in [2.45, 2.75) is 104 Å². The number of aliphatic hydroxyl groups excluding tert-OH is 2. The van der Waals surface area contributed by atoms with E-state index in [4.69, 9.17) is 0 Å². The molecule has 0 aliphatic rings. The van der Waals surface area contributed by atoms with Gasteiger partial charge in [-0.25, -0.2) is 0 Å². The zero-order valence-corrected chi connectivity index (χ0v) is 14.6. The largest absolute Gasteiger partial charge is 0.380 e. The molecule has 0 aromatic rings. The van der Waals surface area contributed by atoms with E-state index in [9.17, 15) is 10.2 Å². The third kappa shape index (κ3) is 12.9. The Bertz CT molecular complexity index is 293. The zero-order chi connectivity index (χ0) is 16.1. The van der Waals surface area contributed by atoms with Gasteiger partial charge in [-0.1, -0.05) is 90.9 Å². The number of hydrogen-bond donors (Lipinski definition) is 2. The maximum Gasteiger partial charge on any atom is 0.119 e. The molecular weight excluding hydrogens is 260 g/mol. The fourth-order valence-corrected chi connectivity index (χ4v) is 2.11. The van der Waals surface area contributed by atoms with Crippen molar-refractivity contribution in [2.24, 2.45) is 5.41 Å². The number of unbranched alkanes of at least 4 members (excludes halogenated alkanes) is 8. The number of rotatable bonds is 10. The summed E-state index contributed by atoms with van der Waals surface area (Å²) in [5, 5.41) is 19.6. The highest BCUT2D eigenvalue weighted by molar-refractivity contribution is 5.11. The summed E-state index contributed by atoms with van der Waals surface area (Å²) >= 11 is 0. The third-order valence-corrected chi connectivity index (χ3v) is 3.79. The van der Waals surface area contributed by atoms with Crippen LogP contribution in [-0.4, -0.2) is 22.4 Å². The maximum atomic E-state index is 9.78. The van der Waals surface area contributed by atoms with Crippen LogP contribution in [0.25, 0.3) is 0 Å². The maximum absolute atomic E-state index is 9.78. The van der Waals surface area contributed by atoms with Crippen LogP contribution >= 0.6 is 0 Å². The van der Waals surface area contributed by atoms with Gasteiger partial charge in [0.25, 0.3) is 0 Å². The molecule has 2 nitrogen and oxygen atoms in total. The first-order valence-corrected chi connectivity index (χ1v) is 8.75. The highest BCUT2D eigenvalue weighted by Crippen LogP contribution is 2.18. The molecule has 2 atom stereocenters. The zero-order valence-electron chi connectivity index (χ0n) is 14.6. The highest BCUT2D eigenvalue weighted by atomic mass is 16.3. The van der Waals surface area contributed by atoms with Crippen LogP contribution in [0.15, 0.2) is 0 Å². The highest BCUT2D eigenvalue weighted by Gasteiger charge is 2.19. The van der Waals surface area contributed by atoms with Gasteiger partial charge in [0.2, 0.25) is 0 Å². The second-order valence-corrected chi connectivity index (χ2v) is 7.19. The van der Waals surface area contributed by atoms with Gasteiger partial charge in [0.1, 0.15) is 12.2 Å². The molecule has 2 unspecified atom stereocenters. The van der Waals surface area contributed by atoms with E-state index in [-0.39, 0.29) is 5.41 Å². The molecule has 0 bridgehead atoms. The second-order valence-electron chi connectivity index (χ2n) is 7.19. The summed E-state index contributed by atoms with van der Waals surface area (Å²) in [7, 11) is 0. The van der Waals surface area contributed by atoms with Crippen LogP contribution < -0.4 is 0 Å². The Morgan fingerprint density at radius 3 is 1.71 bits per heavy atom. The average Bonchev–Trinajstić information content (AvgIpc) is 2.41. The lowest BCUT2D eigenvalue weighted by Gasteiger charge is -2.20. The van der Waals surface area contributed by atoms with Crippen molar-refractivity contribution in [3.05, 3.63) is 0 Å². The molecule has 0 aromatic carbocycles. The SMILES string of the molecule is CCCCCCCCCCCC(O)C#CC(O)C(C)(C)C.